The molecule has 1 N–H and O–H groups in total. The summed E-state index contributed by atoms with van der Waals surface area (Å²) >= 11 is 0. The normalized spacial score (nSPS) is 23.8. The molecule has 33 heavy (non-hydrogen) atoms. The van der Waals surface area contributed by atoms with Crippen LogP contribution >= 0.6 is 0 Å². The molecule has 11 heteroatoms. The summed E-state index contributed by atoms with van der Waals surface area (Å²) in [4.78, 5) is 19.6. The van der Waals surface area contributed by atoms with Crippen LogP contribution in [0, 0.1) is 0 Å². The number of pyridine rings is 1. The van der Waals surface area contributed by atoms with E-state index in [1.165, 1.54) is 12.8 Å². The molecule has 1 saturated carbocycles. The van der Waals surface area contributed by atoms with Gasteiger partial charge in [-0.25, -0.2) is 9.67 Å². The molecule has 1 saturated heterocycles. The van der Waals surface area contributed by atoms with Crippen LogP contribution < -0.4 is 10.1 Å². The molecule has 172 valence electrons. The Bertz CT molecular complexity index is 1140. The first-order valence-corrected chi connectivity index (χ1v) is 11.3. The van der Waals surface area contributed by atoms with Crippen LogP contribution in [0.25, 0.3) is 0 Å². The van der Waals surface area contributed by atoms with Gasteiger partial charge in [-0.1, -0.05) is 10.4 Å². The Hall–Kier alpha value is -3.31. The Labute approximate surface area is 190 Å². The highest BCUT2D eigenvalue weighted by Crippen LogP contribution is 2.40. The number of carbonyl (C=O) groups excluding carboxylic acids is 1. The summed E-state index contributed by atoms with van der Waals surface area (Å²) in [5.41, 5.74) is 1.90. The quantitative estimate of drug-likeness (QED) is 0.625. The number of fused-ring (bicyclic) bond motifs is 4. The van der Waals surface area contributed by atoms with E-state index in [4.69, 9.17) is 14.0 Å². The van der Waals surface area contributed by atoms with Crippen LogP contribution in [-0.4, -0.2) is 67.8 Å². The van der Waals surface area contributed by atoms with Crippen molar-refractivity contribution in [2.75, 3.05) is 19.7 Å². The van der Waals surface area contributed by atoms with Crippen molar-refractivity contribution in [3.8, 4) is 5.75 Å². The predicted molar refractivity (Wildman–Crippen MR) is 113 cm³/mol. The molecule has 3 aromatic heterocycles. The molecule has 11 nitrogen and oxygen atoms in total. The Kier molecular flexibility index (Phi) is 5.27. The van der Waals surface area contributed by atoms with E-state index in [2.05, 4.69) is 30.7 Å². The number of nitrogens with one attached hydrogen (secondary N) is 1. The van der Waals surface area contributed by atoms with Crippen molar-refractivity contribution in [2.45, 2.75) is 50.6 Å². The van der Waals surface area contributed by atoms with Crippen molar-refractivity contribution >= 4 is 5.91 Å². The topological polar surface area (TPSA) is 120 Å². The second-order valence-electron chi connectivity index (χ2n) is 8.79. The average molecular weight is 451 g/mol. The molecule has 2 aliphatic heterocycles. The lowest BCUT2D eigenvalue weighted by Crippen LogP contribution is -2.44. The van der Waals surface area contributed by atoms with E-state index < -0.39 is 0 Å². The molecule has 0 aromatic carbocycles. The van der Waals surface area contributed by atoms with Crippen LogP contribution in [0.15, 0.2) is 35.1 Å². The van der Waals surface area contributed by atoms with Crippen molar-refractivity contribution < 1.29 is 18.8 Å². The summed E-state index contributed by atoms with van der Waals surface area (Å²) in [6, 6.07) is 5.32. The van der Waals surface area contributed by atoms with Gasteiger partial charge >= 0.3 is 0 Å². The minimum atomic E-state index is -0.280. The first kappa shape index (κ1) is 20.3. The molecule has 6 rings (SSSR count). The van der Waals surface area contributed by atoms with E-state index in [9.17, 15) is 4.79 Å². The second kappa shape index (κ2) is 8.56. The maximum absolute atomic E-state index is 13.1. The van der Waals surface area contributed by atoms with Crippen molar-refractivity contribution in [3.05, 3.63) is 53.4 Å². The lowest BCUT2D eigenvalue weighted by molar-refractivity contribution is 0.0291. The summed E-state index contributed by atoms with van der Waals surface area (Å²) in [6.45, 7) is 3.07. The largest absolute Gasteiger partial charge is 0.489 e. The van der Waals surface area contributed by atoms with Crippen LogP contribution in [0.3, 0.4) is 0 Å². The Balaban J connectivity index is 1.22. The van der Waals surface area contributed by atoms with E-state index in [0.717, 1.165) is 17.1 Å². The number of carbonyl (C=O) groups is 1. The molecular weight excluding hydrogens is 426 g/mol. The maximum atomic E-state index is 13.1. The maximum Gasteiger partial charge on any atom is 0.274 e. The number of nitrogens with zero attached hydrogens (tertiary/aromatic N) is 6. The van der Waals surface area contributed by atoms with Gasteiger partial charge in [-0.3, -0.25) is 9.69 Å². The van der Waals surface area contributed by atoms with E-state index in [1.54, 1.807) is 23.0 Å². The van der Waals surface area contributed by atoms with Crippen LogP contribution in [0.1, 0.15) is 46.4 Å². The fourth-order valence-electron chi connectivity index (χ4n) is 4.35. The number of likely N-dealkylation sites (tertiary alicyclic amines) is 1. The fourth-order valence-corrected chi connectivity index (χ4v) is 4.35. The zero-order chi connectivity index (χ0) is 22.2. The summed E-state index contributed by atoms with van der Waals surface area (Å²) in [5, 5.41) is 15.7. The minimum Gasteiger partial charge on any atom is -0.489 e. The molecule has 0 spiro atoms. The number of hydrogen-bond donors (Lipinski definition) is 1. The summed E-state index contributed by atoms with van der Waals surface area (Å²) in [5.74, 6) is 1.66. The number of amides is 1. The van der Waals surface area contributed by atoms with Gasteiger partial charge in [0.05, 0.1) is 37.2 Å². The Morgan fingerprint density at radius 3 is 3.09 bits per heavy atom. The van der Waals surface area contributed by atoms with Crippen molar-refractivity contribution in [3.63, 3.8) is 0 Å². The average Bonchev–Trinajstić information content (AvgIpc) is 3.21. The Morgan fingerprint density at radius 2 is 2.18 bits per heavy atom. The zero-order valence-corrected chi connectivity index (χ0v) is 18.1. The van der Waals surface area contributed by atoms with E-state index in [1.807, 2.05) is 12.3 Å². The first-order valence-electron chi connectivity index (χ1n) is 11.3. The third-order valence-corrected chi connectivity index (χ3v) is 6.20. The number of rotatable bonds is 3. The van der Waals surface area contributed by atoms with Gasteiger partial charge < -0.3 is 19.3 Å². The van der Waals surface area contributed by atoms with E-state index in [-0.39, 0.29) is 23.7 Å². The van der Waals surface area contributed by atoms with Crippen LogP contribution in [0.2, 0.25) is 0 Å². The lowest BCUT2D eigenvalue weighted by Gasteiger charge is -2.20. The predicted octanol–water partition coefficient (Wildman–Crippen LogP) is 1.13. The standard InChI is InChI=1S/C22H25N7O4/c30-22-21-18(2-1-5-23-21)31-7-6-29-10-16(25-27-29)13-32-20-12-28(11-17(20)24-22)9-15-8-19(33-26-15)14-3-4-14/h1-2,5,8,10,14,17,20H,3-4,6-7,9,11-13H2,(H,24,30)/t17-,20-/m0/s1. The molecule has 2 fully saturated rings. The fraction of sp³-hybridized carbons (Fsp3) is 0.500. The van der Waals surface area contributed by atoms with Crippen molar-refractivity contribution in [2.24, 2.45) is 0 Å². The summed E-state index contributed by atoms with van der Waals surface area (Å²) < 4.78 is 19.2. The Morgan fingerprint density at radius 1 is 1.24 bits per heavy atom. The molecule has 0 radical (unpaired) electrons. The highest BCUT2D eigenvalue weighted by molar-refractivity contribution is 5.95. The van der Waals surface area contributed by atoms with Crippen LogP contribution in [0.4, 0.5) is 0 Å². The monoisotopic (exact) mass is 451 g/mol. The smallest absolute Gasteiger partial charge is 0.274 e. The third-order valence-electron chi connectivity index (χ3n) is 6.20. The number of hydrogen-bond acceptors (Lipinski definition) is 9. The van der Waals surface area contributed by atoms with E-state index >= 15 is 0 Å². The minimum absolute atomic E-state index is 0.218. The molecular formula is C22H25N7O4. The van der Waals surface area contributed by atoms with Crippen LogP contribution in [-0.2, 0) is 24.4 Å². The van der Waals surface area contributed by atoms with Crippen molar-refractivity contribution in [1.82, 2.24) is 35.4 Å². The molecule has 3 aromatic rings. The highest BCUT2D eigenvalue weighted by atomic mass is 16.5. The van der Waals surface area contributed by atoms with Gasteiger partial charge in [0.15, 0.2) is 11.4 Å². The number of aromatic nitrogens is 5. The number of ether oxygens (including phenoxy) is 2. The first-order chi connectivity index (χ1) is 16.2. The van der Waals surface area contributed by atoms with Gasteiger partial charge in [0.2, 0.25) is 0 Å². The molecule has 5 heterocycles. The highest BCUT2D eigenvalue weighted by Gasteiger charge is 2.36. The van der Waals surface area contributed by atoms with Gasteiger partial charge in [-0.2, -0.15) is 0 Å². The van der Waals surface area contributed by atoms with Crippen molar-refractivity contribution in [1.29, 1.82) is 0 Å². The van der Waals surface area contributed by atoms with Gasteiger partial charge in [-0.15, -0.1) is 5.10 Å². The second-order valence-corrected chi connectivity index (χ2v) is 8.79. The SMILES string of the molecule is O=C1N[C@H]2CN(Cc3cc(C4CC4)on3)C[C@@H]2OCc2cn(nn2)CCOc2cccnc21. The van der Waals surface area contributed by atoms with Gasteiger partial charge in [0.1, 0.15) is 18.1 Å². The van der Waals surface area contributed by atoms with Gasteiger partial charge in [0.25, 0.3) is 5.91 Å². The zero-order valence-electron chi connectivity index (χ0n) is 18.1. The molecule has 1 aliphatic carbocycles. The molecule has 2 atom stereocenters. The molecule has 0 unspecified atom stereocenters. The van der Waals surface area contributed by atoms with E-state index in [0.29, 0.717) is 51.1 Å². The summed E-state index contributed by atoms with van der Waals surface area (Å²) in [7, 11) is 0. The lowest BCUT2D eigenvalue weighted by atomic mass is 10.2. The molecule has 3 aliphatic rings. The summed E-state index contributed by atoms with van der Waals surface area (Å²) in [6.07, 6.45) is 5.57. The molecule has 1 amide bonds. The van der Waals surface area contributed by atoms with Crippen LogP contribution in [0.5, 0.6) is 5.75 Å². The third kappa shape index (κ3) is 4.46. The van der Waals surface area contributed by atoms with Gasteiger partial charge in [-0.05, 0) is 25.0 Å². The molecule has 2 bridgehead atoms. The van der Waals surface area contributed by atoms with Gasteiger partial charge in [0, 0.05) is 37.8 Å².